The highest BCUT2D eigenvalue weighted by molar-refractivity contribution is 6.34. The molecule has 0 saturated carbocycles. The van der Waals surface area contributed by atoms with E-state index < -0.39 is 11.4 Å². The van der Waals surface area contributed by atoms with Crippen molar-refractivity contribution in [3.05, 3.63) is 97.9 Å². The number of amides is 1. The number of nitrogens with one attached hydrogen (secondary N) is 1. The van der Waals surface area contributed by atoms with E-state index in [-0.39, 0.29) is 11.0 Å². The molecule has 0 aliphatic carbocycles. The Kier molecular flexibility index (Phi) is 5.92. The van der Waals surface area contributed by atoms with Crippen molar-refractivity contribution in [3.63, 3.8) is 0 Å². The van der Waals surface area contributed by atoms with E-state index >= 15 is 0 Å². The van der Waals surface area contributed by atoms with Crippen LogP contribution in [0.2, 0.25) is 5.02 Å². The quantitative estimate of drug-likeness (QED) is 0.575. The first-order chi connectivity index (χ1) is 13.3. The lowest BCUT2D eigenvalue weighted by Gasteiger charge is -2.22. The number of aryl methyl sites for hydroxylation is 2. The van der Waals surface area contributed by atoms with Crippen LogP contribution in [-0.2, 0) is 0 Å². The van der Waals surface area contributed by atoms with E-state index in [4.69, 9.17) is 23.2 Å². The second kappa shape index (κ2) is 8.21. The molecule has 0 aliphatic heterocycles. The monoisotopic (exact) mass is 414 g/mol. The summed E-state index contributed by atoms with van der Waals surface area (Å²) in [4.78, 5) is 25.6. The molecule has 0 bridgehead atoms. The van der Waals surface area contributed by atoms with E-state index in [0.29, 0.717) is 22.1 Å². The lowest BCUT2D eigenvalue weighted by Crippen LogP contribution is -2.28. The Bertz CT molecular complexity index is 1070. The number of halogens is 2. The summed E-state index contributed by atoms with van der Waals surface area (Å²) in [5.74, 6) is -0.510. The van der Waals surface area contributed by atoms with Crippen LogP contribution in [0.1, 0.15) is 38.4 Å². The lowest BCUT2D eigenvalue weighted by atomic mass is 10.1. The molecule has 0 fully saturated rings. The fourth-order valence-electron chi connectivity index (χ4n) is 3.25. The van der Waals surface area contributed by atoms with Gasteiger partial charge in [0.05, 0.1) is 10.7 Å². The van der Waals surface area contributed by atoms with Gasteiger partial charge >= 0.3 is 0 Å². The minimum absolute atomic E-state index is 0.0477. The summed E-state index contributed by atoms with van der Waals surface area (Å²) >= 11 is 12.9. The first kappa shape index (κ1) is 20.2. The Balaban J connectivity index is 2.07. The second-order valence-corrected chi connectivity index (χ2v) is 7.43. The third kappa shape index (κ3) is 3.84. The topological polar surface area (TPSA) is 51.1 Å². The van der Waals surface area contributed by atoms with Crippen LogP contribution in [0.5, 0.6) is 0 Å². The van der Waals surface area contributed by atoms with Gasteiger partial charge in [-0.15, -0.1) is 0 Å². The molecule has 0 saturated heterocycles. The summed E-state index contributed by atoms with van der Waals surface area (Å²) < 4.78 is 1.78. The van der Waals surface area contributed by atoms with Crippen LogP contribution < -0.4 is 10.7 Å². The number of benzene rings is 2. The number of alkyl halides is 1. The molecular formula is C22H20Cl2N2O2. The molecule has 4 nitrogen and oxygen atoms in total. The van der Waals surface area contributed by atoms with Crippen LogP contribution in [0.3, 0.4) is 0 Å². The number of anilines is 1. The maximum Gasteiger partial charge on any atom is 0.261 e. The second-order valence-electron chi connectivity index (χ2n) is 6.61. The van der Waals surface area contributed by atoms with Gasteiger partial charge in [0.2, 0.25) is 0 Å². The minimum atomic E-state index is -0.546. The molecule has 1 N–H and O–H groups in total. The molecule has 1 aromatic heterocycles. The number of para-hydroxylation sites is 1. The first-order valence-electron chi connectivity index (χ1n) is 8.79. The lowest BCUT2D eigenvalue weighted by molar-refractivity contribution is 0.102. The summed E-state index contributed by atoms with van der Waals surface area (Å²) in [6, 6.07) is 16.3. The van der Waals surface area contributed by atoms with Crippen LogP contribution in [0.15, 0.2) is 59.4 Å². The SMILES string of the molecule is Cc1cccc(Cl)c1NC(=O)c1c(C)n(C(Cl)c2ccccc2)c(C)cc1=O. The van der Waals surface area contributed by atoms with Crippen LogP contribution >= 0.6 is 23.2 Å². The standard InChI is InChI=1S/C22H20Cl2N2O2/c1-13-8-7-11-17(23)20(13)25-22(28)19-15(3)26(14(2)12-18(19)27)21(24)16-9-5-4-6-10-16/h4-12,21H,1-3H3,(H,25,28). The van der Waals surface area contributed by atoms with Crippen molar-refractivity contribution in [1.29, 1.82) is 0 Å². The zero-order valence-electron chi connectivity index (χ0n) is 15.8. The van der Waals surface area contributed by atoms with Crippen LogP contribution in [0.4, 0.5) is 5.69 Å². The summed E-state index contributed by atoms with van der Waals surface area (Å²) in [5, 5.41) is 3.19. The molecule has 1 amide bonds. The van der Waals surface area contributed by atoms with Gasteiger partial charge in [0.25, 0.3) is 5.91 Å². The molecular weight excluding hydrogens is 395 g/mol. The average molecular weight is 415 g/mol. The maximum atomic E-state index is 13.0. The van der Waals surface area contributed by atoms with Gasteiger partial charge < -0.3 is 9.88 Å². The number of hydrogen-bond acceptors (Lipinski definition) is 2. The number of aromatic nitrogens is 1. The smallest absolute Gasteiger partial charge is 0.261 e. The van der Waals surface area contributed by atoms with Crippen molar-refractivity contribution in [1.82, 2.24) is 4.57 Å². The molecule has 1 unspecified atom stereocenters. The zero-order valence-corrected chi connectivity index (χ0v) is 17.3. The first-order valence-corrected chi connectivity index (χ1v) is 9.61. The van der Waals surface area contributed by atoms with Gasteiger partial charge in [-0.3, -0.25) is 9.59 Å². The van der Waals surface area contributed by atoms with Crippen LogP contribution in [0.25, 0.3) is 0 Å². The van der Waals surface area contributed by atoms with Gasteiger partial charge in [0.1, 0.15) is 11.1 Å². The third-order valence-corrected chi connectivity index (χ3v) is 5.44. The highest BCUT2D eigenvalue weighted by Gasteiger charge is 2.22. The maximum absolute atomic E-state index is 13.0. The van der Waals surface area contributed by atoms with E-state index in [2.05, 4.69) is 5.32 Å². The number of pyridine rings is 1. The molecule has 0 aliphatic rings. The average Bonchev–Trinajstić information content (AvgIpc) is 2.65. The molecule has 1 atom stereocenters. The van der Waals surface area contributed by atoms with E-state index in [9.17, 15) is 9.59 Å². The summed E-state index contributed by atoms with van der Waals surface area (Å²) in [7, 11) is 0. The van der Waals surface area contributed by atoms with Gasteiger partial charge in [-0.1, -0.05) is 65.7 Å². The summed E-state index contributed by atoms with van der Waals surface area (Å²) in [6.07, 6.45) is 0. The molecule has 28 heavy (non-hydrogen) atoms. The highest BCUT2D eigenvalue weighted by atomic mass is 35.5. The van der Waals surface area contributed by atoms with Crippen molar-refractivity contribution in [2.24, 2.45) is 0 Å². The molecule has 3 aromatic rings. The number of hydrogen-bond donors (Lipinski definition) is 1. The molecule has 144 valence electrons. The van der Waals surface area contributed by atoms with E-state index in [0.717, 1.165) is 11.1 Å². The Labute approximate surface area is 173 Å². The number of rotatable bonds is 4. The summed E-state index contributed by atoms with van der Waals surface area (Å²) in [6.45, 7) is 5.36. The largest absolute Gasteiger partial charge is 0.327 e. The number of carbonyl (C=O) groups excluding carboxylic acids is 1. The van der Waals surface area contributed by atoms with Gasteiger partial charge in [0, 0.05) is 17.5 Å². The van der Waals surface area contributed by atoms with Crippen LogP contribution in [-0.4, -0.2) is 10.5 Å². The fraction of sp³-hybridized carbons (Fsp3) is 0.182. The predicted octanol–water partition coefficient (Wildman–Crippen LogP) is 5.46. The Morgan fingerprint density at radius 2 is 1.71 bits per heavy atom. The van der Waals surface area contributed by atoms with E-state index in [1.54, 1.807) is 30.5 Å². The van der Waals surface area contributed by atoms with Gasteiger partial charge in [-0.05, 0) is 38.0 Å². The van der Waals surface area contributed by atoms with Crippen LogP contribution in [0, 0.1) is 20.8 Å². The van der Waals surface area contributed by atoms with E-state index in [1.807, 2.05) is 43.3 Å². The van der Waals surface area contributed by atoms with Crippen molar-refractivity contribution in [2.75, 3.05) is 5.32 Å². The number of carbonyl (C=O) groups is 1. The molecule has 0 spiro atoms. The number of nitrogens with zero attached hydrogens (tertiary/aromatic N) is 1. The summed E-state index contributed by atoms with van der Waals surface area (Å²) in [5.41, 5.74) is 2.49. The highest BCUT2D eigenvalue weighted by Crippen LogP contribution is 2.28. The Morgan fingerprint density at radius 3 is 2.36 bits per heavy atom. The third-order valence-electron chi connectivity index (χ3n) is 4.68. The fourth-order valence-corrected chi connectivity index (χ4v) is 3.96. The molecule has 2 aromatic carbocycles. The van der Waals surface area contributed by atoms with Crippen molar-refractivity contribution in [2.45, 2.75) is 26.3 Å². The normalized spacial score (nSPS) is 11.9. The molecule has 3 rings (SSSR count). The Hall–Kier alpha value is -2.56. The Morgan fingerprint density at radius 1 is 1.04 bits per heavy atom. The zero-order chi connectivity index (χ0) is 20.4. The van der Waals surface area contributed by atoms with Gasteiger partial charge in [-0.25, -0.2) is 0 Å². The van der Waals surface area contributed by atoms with Gasteiger partial charge in [0.15, 0.2) is 5.43 Å². The van der Waals surface area contributed by atoms with Gasteiger partial charge in [-0.2, -0.15) is 0 Å². The molecule has 0 radical (unpaired) electrons. The van der Waals surface area contributed by atoms with E-state index in [1.165, 1.54) is 6.07 Å². The predicted molar refractivity (Wildman–Crippen MR) is 115 cm³/mol. The van der Waals surface area contributed by atoms with Crippen molar-refractivity contribution >= 4 is 34.8 Å². The minimum Gasteiger partial charge on any atom is -0.327 e. The van der Waals surface area contributed by atoms with Crippen molar-refractivity contribution < 1.29 is 4.79 Å². The molecule has 6 heteroatoms. The molecule has 1 heterocycles. The van der Waals surface area contributed by atoms with Crippen molar-refractivity contribution in [3.8, 4) is 0 Å².